The number of ether oxygens (including phenoxy) is 1. The number of hydrogen-bond donors (Lipinski definition) is 1. The standard InChI is InChI=1S/C14H12F2N2O3S/c1-2-21-12(19)6-9-7-22-14(17-9)18-13(20)10-4-3-8(15)5-11(10)16/h3-5,7H,2,6H2,1H3,(H,17,18,20). The number of aromatic nitrogens is 1. The van der Waals surface area contributed by atoms with Crippen LogP contribution in [0.4, 0.5) is 13.9 Å². The van der Waals surface area contributed by atoms with Gasteiger partial charge in [-0.1, -0.05) is 0 Å². The number of carbonyl (C=O) groups excluding carboxylic acids is 2. The van der Waals surface area contributed by atoms with Gasteiger partial charge >= 0.3 is 5.97 Å². The number of esters is 1. The van der Waals surface area contributed by atoms with Crippen LogP contribution in [0.15, 0.2) is 23.6 Å². The maximum atomic E-state index is 13.5. The zero-order valence-corrected chi connectivity index (χ0v) is 12.4. The molecule has 22 heavy (non-hydrogen) atoms. The van der Waals surface area contributed by atoms with E-state index in [2.05, 4.69) is 10.3 Å². The minimum atomic E-state index is -0.958. The second-order valence-corrected chi connectivity index (χ2v) is 5.06. The van der Waals surface area contributed by atoms with Crippen molar-refractivity contribution >= 4 is 28.3 Å². The lowest BCUT2D eigenvalue weighted by molar-refractivity contribution is -0.142. The molecule has 5 nitrogen and oxygen atoms in total. The molecular formula is C14H12F2N2O3S. The molecule has 0 aliphatic heterocycles. The fourth-order valence-corrected chi connectivity index (χ4v) is 2.35. The summed E-state index contributed by atoms with van der Waals surface area (Å²) >= 11 is 1.09. The number of nitrogens with zero attached hydrogens (tertiary/aromatic N) is 1. The molecule has 1 heterocycles. The average molecular weight is 326 g/mol. The van der Waals surface area contributed by atoms with Crippen molar-refractivity contribution in [2.24, 2.45) is 0 Å². The van der Waals surface area contributed by atoms with Gasteiger partial charge in [0.2, 0.25) is 0 Å². The van der Waals surface area contributed by atoms with E-state index >= 15 is 0 Å². The lowest BCUT2D eigenvalue weighted by atomic mass is 10.2. The lowest BCUT2D eigenvalue weighted by Gasteiger charge is -2.03. The second kappa shape index (κ2) is 7.08. The molecule has 0 bridgehead atoms. The van der Waals surface area contributed by atoms with E-state index in [1.807, 2.05) is 0 Å². The quantitative estimate of drug-likeness (QED) is 0.858. The van der Waals surface area contributed by atoms with Crippen molar-refractivity contribution in [3.8, 4) is 0 Å². The van der Waals surface area contributed by atoms with Gasteiger partial charge in [-0.2, -0.15) is 0 Å². The minimum Gasteiger partial charge on any atom is -0.466 e. The topological polar surface area (TPSA) is 68.3 Å². The molecule has 0 fully saturated rings. The minimum absolute atomic E-state index is 0.00881. The average Bonchev–Trinajstić information content (AvgIpc) is 2.85. The first-order valence-electron chi connectivity index (χ1n) is 6.36. The number of carbonyl (C=O) groups is 2. The summed E-state index contributed by atoms with van der Waals surface area (Å²) < 4.78 is 31.1. The van der Waals surface area contributed by atoms with Crippen LogP contribution in [0.1, 0.15) is 23.0 Å². The number of hydrogen-bond acceptors (Lipinski definition) is 5. The highest BCUT2D eigenvalue weighted by molar-refractivity contribution is 7.14. The predicted molar refractivity (Wildman–Crippen MR) is 76.8 cm³/mol. The molecule has 8 heteroatoms. The smallest absolute Gasteiger partial charge is 0.311 e. The Morgan fingerprint density at radius 3 is 2.82 bits per heavy atom. The molecule has 0 aliphatic carbocycles. The van der Waals surface area contributed by atoms with Crippen molar-refractivity contribution in [3.05, 3.63) is 46.5 Å². The third-order valence-corrected chi connectivity index (χ3v) is 3.39. The number of halogens is 2. The summed E-state index contributed by atoms with van der Waals surface area (Å²) in [5, 5.41) is 4.20. The van der Waals surface area contributed by atoms with E-state index in [4.69, 9.17) is 4.74 Å². The second-order valence-electron chi connectivity index (χ2n) is 4.20. The lowest BCUT2D eigenvalue weighted by Crippen LogP contribution is -2.14. The van der Waals surface area contributed by atoms with Gasteiger partial charge in [0.25, 0.3) is 5.91 Å². The Labute approximate surface area is 128 Å². The van der Waals surface area contributed by atoms with E-state index < -0.39 is 23.5 Å². The number of thiazole rings is 1. The molecular weight excluding hydrogens is 314 g/mol. The van der Waals surface area contributed by atoms with Crippen LogP contribution < -0.4 is 5.32 Å². The number of amides is 1. The van der Waals surface area contributed by atoms with Gasteiger partial charge in [-0.25, -0.2) is 13.8 Å². The largest absolute Gasteiger partial charge is 0.466 e. The third kappa shape index (κ3) is 4.08. The van der Waals surface area contributed by atoms with Crippen LogP contribution in [0.2, 0.25) is 0 Å². The Balaban J connectivity index is 2.03. The van der Waals surface area contributed by atoms with Gasteiger partial charge in [-0.3, -0.25) is 14.9 Å². The molecule has 0 saturated carbocycles. The molecule has 116 valence electrons. The van der Waals surface area contributed by atoms with Crippen LogP contribution in [0.5, 0.6) is 0 Å². The molecule has 1 aromatic heterocycles. The summed E-state index contributed by atoms with van der Waals surface area (Å²) in [5.74, 6) is -2.88. The zero-order valence-electron chi connectivity index (χ0n) is 11.6. The Bertz CT molecular complexity index is 703. The molecule has 0 radical (unpaired) electrons. The highest BCUT2D eigenvalue weighted by atomic mass is 32.1. The fraction of sp³-hybridized carbons (Fsp3) is 0.214. The highest BCUT2D eigenvalue weighted by Gasteiger charge is 2.15. The van der Waals surface area contributed by atoms with Crippen molar-refractivity contribution in [1.29, 1.82) is 0 Å². The summed E-state index contributed by atoms with van der Waals surface area (Å²) in [6.45, 7) is 1.97. The van der Waals surface area contributed by atoms with Crippen molar-refractivity contribution < 1.29 is 23.1 Å². The van der Waals surface area contributed by atoms with Gasteiger partial charge in [0.05, 0.1) is 24.3 Å². The monoisotopic (exact) mass is 326 g/mol. The molecule has 1 N–H and O–H groups in total. The Morgan fingerprint density at radius 2 is 2.14 bits per heavy atom. The maximum absolute atomic E-state index is 13.5. The summed E-state index contributed by atoms with van der Waals surface area (Å²) in [7, 11) is 0. The van der Waals surface area contributed by atoms with E-state index in [1.165, 1.54) is 0 Å². The predicted octanol–water partition coefficient (Wildman–Crippen LogP) is 2.78. The van der Waals surface area contributed by atoms with Crippen LogP contribution in [0.25, 0.3) is 0 Å². The molecule has 1 aromatic carbocycles. The summed E-state index contributed by atoms with van der Waals surface area (Å²) in [5.41, 5.74) is 0.155. The molecule has 0 unspecified atom stereocenters. The van der Waals surface area contributed by atoms with Crippen LogP contribution in [-0.4, -0.2) is 23.5 Å². The first-order chi connectivity index (χ1) is 10.5. The molecule has 2 aromatic rings. The van der Waals surface area contributed by atoms with E-state index in [9.17, 15) is 18.4 Å². The summed E-state index contributed by atoms with van der Waals surface area (Å²) in [4.78, 5) is 27.2. The van der Waals surface area contributed by atoms with Gasteiger partial charge in [-0.05, 0) is 19.1 Å². The van der Waals surface area contributed by atoms with Crippen LogP contribution in [0, 0.1) is 11.6 Å². The molecule has 1 amide bonds. The van der Waals surface area contributed by atoms with E-state index in [0.29, 0.717) is 11.8 Å². The molecule has 0 aliphatic rings. The molecule has 2 rings (SSSR count). The van der Waals surface area contributed by atoms with E-state index in [1.54, 1.807) is 12.3 Å². The number of anilines is 1. The normalized spacial score (nSPS) is 10.3. The maximum Gasteiger partial charge on any atom is 0.311 e. The Hall–Kier alpha value is -2.35. The van der Waals surface area contributed by atoms with E-state index in [-0.39, 0.29) is 23.7 Å². The molecule has 0 saturated heterocycles. The Kier molecular flexibility index (Phi) is 5.16. The zero-order chi connectivity index (χ0) is 16.1. The number of benzene rings is 1. The van der Waals surface area contributed by atoms with Crippen LogP contribution >= 0.6 is 11.3 Å². The van der Waals surface area contributed by atoms with Crippen molar-refractivity contribution in [1.82, 2.24) is 4.98 Å². The van der Waals surface area contributed by atoms with Crippen molar-refractivity contribution in [2.75, 3.05) is 11.9 Å². The highest BCUT2D eigenvalue weighted by Crippen LogP contribution is 2.18. The summed E-state index contributed by atoms with van der Waals surface area (Å²) in [6, 6.07) is 2.67. The first-order valence-corrected chi connectivity index (χ1v) is 7.24. The first kappa shape index (κ1) is 16.0. The van der Waals surface area contributed by atoms with Gasteiger partial charge < -0.3 is 4.74 Å². The number of rotatable bonds is 5. The van der Waals surface area contributed by atoms with Crippen molar-refractivity contribution in [2.45, 2.75) is 13.3 Å². The van der Waals surface area contributed by atoms with Gasteiger partial charge in [-0.15, -0.1) is 11.3 Å². The van der Waals surface area contributed by atoms with Crippen LogP contribution in [-0.2, 0) is 16.0 Å². The third-order valence-electron chi connectivity index (χ3n) is 2.58. The molecule has 0 atom stereocenters. The van der Waals surface area contributed by atoms with Gasteiger partial charge in [0, 0.05) is 11.4 Å². The molecule has 0 spiro atoms. The van der Waals surface area contributed by atoms with Gasteiger partial charge in [0.15, 0.2) is 5.13 Å². The Morgan fingerprint density at radius 1 is 1.36 bits per heavy atom. The fourth-order valence-electron chi connectivity index (χ4n) is 1.64. The van der Waals surface area contributed by atoms with E-state index in [0.717, 1.165) is 23.5 Å². The SMILES string of the molecule is CCOC(=O)Cc1csc(NC(=O)c2ccc(F)cc2F)n1. The van der Waals surface area contributed by atoms with Crippen LogP contribution in [0.3, 0.4) is 0 Å². The van der Waals surface area contributed by atoms with Gasteiger partial charge in [0.1, 0.15) is 11.6 Å². The number of nitrogens with one attached hydrogen (secondary N) is 1. The van der Waals surface area contributed by atoms with Crippen molar-refractivity contribution in [3.63, 3.8) is 0 Å². The summed E-state index contributed by atoms with van der Waals surface area (Å²) in [6.07, 6.45) is -0.00881.